The summed E-state index contributed by atoms with van der Waals surface area (Å²) in [7, 11) is 0. The highest BCUT2D eigenvalue weighted by Gasteiger charge is 2.33. The Labute approximate surface area is 212 Å². The molecular formula is C23H15I2NO2S2. The van der Waals surface area contributed by atoms with Crippen molar-refractivity contribution in [3.8, 4) is 5.75 Å². The molecule has 30 heavy (non-hydrogen) atoms. The van der Waals surface area contributed by atoms with Gasteiger partial charge in [-0.05, 0) is 81.1 Å². The van der Waals surface area contributed by atoms with Gasteiger partial charge in [-0.3, -0.25) is 9.69 Å². The minimum Gasteiger partial charge on any atom is -0.487 e. The van der Waals surface area contributed by atoms with Gasteiger partial charge in [-0.15, -0.1) is 0 Å². The minimum absolute atomic E-state index is 0.112. The first-order valence-electron chi connectivity index (χ1n) is 9.02. The molecular weight excluding hydrogens is 640 g/mol. The summed E-state index contributed by atoms with van der Waals surface area (Å²) in [4.78, 5) is 15.3. The van der Waals surface area contributed by atoms with E-state index in [0.29, 0.717) is 15.8 Å². The second-order valence-corrected chi connectivity index (χ2v) is 10.5. The number of benzene rings is 3. The Morgan fingerprint density at radius 2 is 1.67 bits per heavy atom. The van der Waals surface area contributed by atoms with Gasteiger partial charge in [0.1, 0.15) is 12.4 Å². The zero-order valence-electron chi connectivity index (χ0n) is 15.5. The van der Waals surface area contributed by atoms with Gasteiger partial charge < -0.3 is 4.74 Å². The van der Waals surface area contributed by atoms with Gasteiger partial charge in [0.15, 0.2) is 4.32 Å². The van der Waals surface area contributed by atoms with E-state index in [2.05, 4.69) is 51.2 Å². The molecule has 4 rings (SSSR count). The lowest BCUT2D eigenvalue weighted by molar-refractivity contribution is -0.113. The van der Waals surface area contributed by atoms with Crippen LogP contribution in [0.5, 0.6) is 5.75 Å². The molecule has 7 heteroatoms. The molecule has 1 heterocycles. The van der Waals surface area contributed by atoms with Gasteiger partial charge >= 0.3 is 0 Å². The summed E-state index contributed by atoms with van der Waals surface area (Å²) in [5.74, 6) is 0.656. The lowest BCUT2D eigenvalue weighted by Crippen LogP contribution is -2.27. The second kappa shape index (κ2) is 9.80. The molecule has 3 nitrogen and oxygen atoms in total. The minimum atomic E-state index is -0.112. The number of rotatable bonds is 5. The number of carbonyl (C=O) groups excluding carboxylic acids is 1. The summed E-state index contributed by atoms with van der Waals surface area (Å²) in [6.07, 6.45) is 1.88. The van der Waals surface area contributed by atoms with Crippen molar-refractivity contribution < 1.29 is 9.53 Å². The molecule has 1 aliphatic rings. The van der Waals surface area contributed by atoms with Crippen LogP contribution in [-0.2, 0) is 11.4 Å². The number of carbonyl (C=O) groups is 1. The molecule has 1 fully saturated rings. The first-order chi connectivity index (χ1) is 14.5. The Morgan fingerprint density at radius 1 is 1.00 bits per heavy atom. The number of halogens is 2. The molecule has 1 amide bonds. The third-order valence-corrected chi connectivity index (χ3v) is 7.08. The smallest absolute Gasteiger partial charge is 0.270 e. The number of ether oxygens (including phenoxy) is 1. The fourth-order valence-electron chi connectivity index (χ4n) is 2.98. The summed E-state index contributed by atoms with van der Waals surface area (Å²) in [6, 6.07) is 23.6. The van der Waals surface area contributed by atoms with Crippen molar-refractivity contribution in [1.82, 2.24) is 0 Å². The monoisotopic (exact) mass is 655 g/mol. The molecule has 0 aromatic heterocycles. The molecule has 1 saturated heterocycles. The van der Waals surface area contributed by atoms with Crippen LogP contribution in [0.25, 0.3) is 6.08 Å². The maximum Gasteiger partial charge on any atom is 0.270 e. The quantitative estimate of drug-likeness (QED) is 0.171. The SMILES string of the molecule is O=C1/C(=C\c2cc(I)cc(I)c2OCc2ccccc2)SC(=S)N1c1ccccc1. The van der Waals surface area contributed by atoms with Crippen molar-refractivity contribution in [1.29, 1.82) is 0 Å². The summed E-state index contributed by atoms with van der Waals surface area (Å²) in [5, 5.41) is 0. The number of para-hydroxylation sites is 1. The highest BCUT2D eigenvalue weighted by Crippen LogP contribution is 2.38. The molecule has 0 spiro atoms. The van der Waals surface area contributed by atoms with Crippen LogP contribution in [0.1, 0.15) is 11.1 Å². The van der Waals surface area contributed by atoms with Gasteiger partial charge in [0, 0.05) is 9.13 Å². The van der Waals surface area contributed by atoms with Crippen LogP contribution in [-0.4, -0.2) is 10.2 Å². The number of anilines is 1. The van der Waals surface area contributed by atoms with Crippen LogP contribution in [0.4, 0.5) is 5.69 Å². The van der Waals surface area contributed by atoms with Crippen molar-refractivity contribution in [2.24, 2.45) is 0 Å². The number of hydrogen-bond acceptors (Lipinski definition) is 4. The predicted molar refractivity (Wildman–Crippen MR) is 145 cm³/mol. The van der Waals surface area contributed by atoms with Gasteiger partial charge in [0.25, 0.3) is 5.91 Å². The van der Waals surface area contributed by atoms with Crippen LogP contribution in [0.3, 0.4) is 0 Å². The number of hydrogen-bond donors (Lipinski definition) is 0. The first-order valence-corrected chi connectivity index (χ1v) is 12.4. The van der Waals surface area contributed by atoms with Gasteiger partial charge in [0.05, 0.1) is 14.2 Å². The van der Waals surface area contributed by atoms with E-state index in [9.17, 15) is 4.79 Å². The molecule has 150 valence electrons. The van der Waals surface area contributed by atoms with Crippen LogP contribution >= 0.6 is 69.2 Å². The van der Waals surface area contributed by atoms with Crippen LogP contribution < -0.4 is 9.64 Å². The molecule has 0 unspecified atom stereocenters. The van der Waals surface area contributed by atoms with E-state index in [1.165, 1.54) is 11.8 Å². The van der Waals surface area contributed by atoms with E-state index >= 15 is 0 Å². The van der Waals surface area contributed by atoms with Gasteiger partial charge in [-0.1, -0.05) is 72.5 Å². The summed E-state index contributed by atoms with van der Waals surface area (Å²) in [5.41, 5.74) is 2.74. The van der Waals surface area contributed by atoms with Crippen LogP contribution in [0.2, 0.25) is 0 Å². The average molecular weight is 655 g/mol. The van der Waals surface area contributed by atoms with Crippen molar-refractivity contribution in [2.45, 2.75) is 6.61 Å². The Hall–Kier alpha value is -1.43. The van der Waals surface area contributed by atoms with E-state index < -0.39 is 0 Å². The lowest BCUT2D eigenvalue weighted by atomic mass is 10.1. The fourth-order valence-corrected chi connectivity index (χ4v) is 6.31. The molecule has 0 aliphatic carbocycles. The second-order valence-electron chi connectivity index (χ2n) is 6.43. The van der Waals surface area contributed by atoms with E-state index in [1.807, 2.05) is 72.8 Å². The van der Waals surface area contributed by atoms with Gasteiger partial charge in [-0.2, -0.15) is 0 Å². The van der Waals surface area contributed by atoms with Crippen LogP contribution in [0.15, 0.2) is 77.7 Å². The zero-order chi connectivity index (χ0) is 21.1. The predicted octanol–water partition coefficient (Wildman–Crippen LogP) is 6.88. The highest BCUT2D eigenvalue weighted by molar-refractivity contribution is 14.1. The summed E-state index contributed by atoms with van der Waals surface area (Å²) >= 11 is 11.4. The number of amides is 1. The Bertz CT molecular complexity index is 1130. The third-order valence-electron chi connectivity index (χ3n) is 4.36. The molecule has 0 bridgehead atoms. The normalized spacial score (nSPS) is 15.1. The van der Waals surface area contributed by atoms with E-state index in [4.69, 9.17) is 17.0 Å². The standard InChI is InChI=1S/C23H15I2NO2S2/c24-17-11-16(21(19(25)13-17)28-14-15-7-3-1-4-8-15)12-20-22(27)26(23(29)30-20)18-9-5-2-6-10-18/h1-13H,14H2/b20-12+. The fraction of sp³-hybridized carbons (Fsp3) is 0.0435. The lowest BCUT2D eigenvalue weighted by Gasteiger charge is -2.14. The number of thiocarbonyl (C=S) groups is 1. The Kier molecular flexibility index (Phi) is 7.12. The maximum absolute atomic E-state index is 13.1. The highest BCUT2D eigenvalue weighted by atomic mass is 127. The molecule has 3 aromatic carbocycles. The number of thioether (sulfide) groups is 1. The largest absolute Gasteiger partial charge is 0.487 e. The van der Waals surface area contributed by atoms with Crippen molar-refractivity contribution in [3.63, 3.8) is 0 Å². The van der Waals surface area contributed by atoms with Crippen molar-refractivity contribution in [2.75, 3.05) is 4.90 Å². The van der Waals surface area contributed by atoms with E-state index in [-0.39, 0.29) is 5.91 Å². The van der Waals surface area contributed by atoms with E-state index in [0.717, 1.165) is 29.7 Å². The molecule has 0 saturated carbocycles. The Morgan fingerprint density at radius 3 is 2.37 bits per heavy atom. The maximum atomic E-state index is 13.1. The van der Waals surface area contributed by atoms with Crippen molar-refractivity contribution in [3.05, 3.63) is 96.0 Å². The molecule has 0 radical (unpaired) electrons. The third kappa shape index (κ3) is 4.90. The van der Waals surface area contributed by atoms with E-state index in [1.54, 1.807) is 4.90 Å². The molecule has 1 aliphatic heterocycles. The van der Waals surface area contributed by atoms with Gasteiger partial charge in [-0.25, -0.2) is 0 Å². The number of nitrogens with zero attached hydrogens (tertiary/aromatic N) is 1. The zero-order valence-corrected chi connectivity index (χ0v) is 21.5. The molecule has 0 N–H and O–H groups in total. The average Bonchev–Trinajstić information content (AvgIpc) is 3.01. The summed E-state index contributed by atoms with van der Waals surface area (Å²) < 4.78 is 8.78. The molecule has 3 aromatic rings. The Balaban J connectivity index is 1.66. The van der Waals surface area contributed by atoms with Gasteiger partial charge in [0.2, 0.25) is 0 Å². The summed E-state index contributed by atoms with van der Waals surface area (Å²) in [6.45, 7) is 0.462. The van der Waals surface area contributed by atoms with Crippen LogP contribution in [0, 0.1) is 7.14 Å². The van der Waals surface area contributed by atoms with Crippen molar-refractivity contribution >= 4 is 91.2 Å². The topological polar surface area (TPSA) is 29.5 Å². The first kappa shape index (κ1) is 21.8. The molecule has 0 atom stereocenters.